The van der Waals surface area contributed by atoms with Crippen molar-refractivity contribution in [2.75, 3.05) is 27.4 Å². The van der Waals surface area contributed by atoms with Crippen LogP contribution in [0.5, 0.6) is 28.9 Å². The predicted octanol–water partition coefficient (Wildman–Crippen LogP) is 3.96. The first kappa shape index (κ1) is 25.9. The van der Waals surface area contributed by atoms with Crippen molar-refractivity contribution in [2.24, 2.45) is 0 Å². The minimum atomic E-state index is -3.74. The van der Waals surface area contributed by atoms with Crippen molar-refractivity contribution in [3.63, 3.8) is 0 Å². The molecule has 11 nitrogen and oxygen atoms in total. The predicted molar refractivity (Wildman–Crippen MR) is 143 cm³/mol. The van der Waals surface area contributed by atoms with E-state index in [1.165, 1.54) is 16.6 Å². The molecule has 0 aliphatic heterocycles. The Labute approximate surface area is 225 Å². The maximum Gasteiger partial charge on any atom is 0.240 e. The standard InChI is InChI=1S/C27H25N5O6S/c1-35-21-10-13-23(24(18-21)36-2)27-30-29-25-14-15-26(31-32(25)27)37-17-16-28-39(33,34)22-11-8-20(9-12-22)38-19-6-4-3-5-7-19/h3-15,18,28H,16-17H2,1-2H3. The number of ether oxygens (including phenoxy) is 4. The molecule has 0 saturated carbocycles. The second-order valence-electron chi connectivity index (χ2n) is 8.16. The fourth-order valence-corrected chi connectivity index (χ4v) is 4.74. The Morgan fingerprint density at radius 1 is 0.821 bits per heavy atom. The van der Waals surface area contributed by atoms with Crippen LogP contribution in [0.4, 0.5) is 0 Å². The van der Waals surface area contributed by atoms with Gasteiger partial charge in [0.2, 0.25) is 15.9 Å². The van der Waals surface area contributed by atoms with Crippen molar-refractivity contribution in [3.8, 4) is 40.3 Å². The Kier molecular flexibility index (Phi) is 7.57. The highest BCUT2D eigenvalue weighted by molar-refractivity contribution is 7.89. The lowest BCUT2D eigenvalue weighted by Crippen LogP contribution is -2.28. The number of hydrogen-bond donors (Lipinski definition) is 1. The number of nitrogens with one attached hydrogen (secondary N) is 1. The quantitative estimate of drug-likeness (QED) is 0.245. The number of para-hydroxylation sites is 1. The van der Waals surface area contributed by atoms with E-state index in [2.05, 4.69) is 20.0 Å². The molecule has 12 heteroatoms. The number of methoxy groups -OCH3 is 2. The first-order valence-electron chi connectivity index (χ1n) is 11.9. The third kappa shape index (κ3) is 5.92. The molecule has 0 saturated heterocycles. The maximum atomic E-state index is 12.7. The molecule has 0 aliphatic rings. The van der Waals surface area contributed by atoms with E-state index in [1.807, 2.05) is 30.3 Å². The molecular weight excluding hydrogens is 522 g/mol. The molecule has 0 amide bonds. The van der Waals surface area contributed by atoms with E-state index < -0.39 is 10.0 Å². The largest absolute Gasteiger partial charge is 0.497 e. The summed E-state index contributed by atoms with van der Waals surface area (Å²) < 4.78 is 51.6. The summed E-state index contributed by atoms with van der Waals surface area (Å²) in [4.78, 5) is 0.116. The van der Waals surface area contributed by atoms with E-state index in [-0.39, 0.29) is 23.9 Å². The van der Waals surface area contributed by atoms with Crippen molar-refractivity contribution in [3.05, 3.63) is 84.9 Å². The lowest BCUT2D eigenvalue weighted by atomic mass is 10.2. The van der Waals surface area contributed by atoms with Gasteiger partial charge in [-0.15, -0.1) is 15.3 Å². The summed E-state index contributed by atoms with van der Waals surface area (Å²) in [5, 5.41) is 12.8. The Morgan fingerprint density at radius 2 is 1.56 bits per heavy atom. The van der Waals surface area contributed by atoms with Gasteiger partial charge in [-0.1, -0.05) is 18.2 Å². The van der Waals surface area contributed by atoms with Crippen LogP contribution in [0.15, 0.2) is 89.8 Å². The zero-order valence-electron chi connectivity index (χ0n) is 21.1. The van der Waals surface area contributed by atoms with Gasteiger partial charge in [0.1, 0.15) is 29.6 Å². The van der Waals surface area contributed by atoms with Crippen LogP contribution in [0, 0.1) is 0 Å². The summed E-state index contributed by atoms with van der Waals surface area (Å²) in [6, 6.07) is 24.1. The normalized spacial score (nSPS) is 11.3. The summed E-state index contributed by atoms with van der Waals surface area (Å²) in [6.45, 7) is 0.0852. The molecule has 0 unspecified atom stereocenters. The van der Waals surface area contributed by atoms with E-state index in [9.17, 15) is 8.42 Å². The third-order valence-corrected chi connectivity index (χ3v) is 7.12. The Hall–Kier alpha value is -4.68. The van der Waals surface area contributed by atoms with Gasteiger partial charge in [-0.3, -0.25) is 0 Å². The molecule has 5 rings (SSSR count). The number of sulfonamides is 1. The number of benzene rings is 3. The monoisotopic (exact) mass is 547 g/mol. The summed E-state index contributed by atoms with van der Waals surface area (Å²) in [6.07, 6.45) is 0. The molecule has 2 heterocycles. The van der Waals surface area contributed by atoms with Crippen molar-refractivity contribution in [2.45, 2.75) is 4.90 Å². The highest BCUT2D eigenvalue weighted by Crippen LogP contribution is 2.32. The van der Waals surface area contributed by atoms with Gasteiger partial charge in [0.05, 0.1) is 24.7 Å². The molecule has 0 atom stereocenters. The maximum absolute atomic E-state index is 12.7. The first-order valence-corrected chi connectivity index (χ1v) is 13.4. The van der Waals surface area contributed by atoms with Crippen LogP contribution in [0.1, 0.15) is 0 Å². The molecule has 0 aliphatic carbocycles. The minimum Gasteiger partial charge on any atom is -0.497 e. The average molecular weight is 548 g/mol. The van der Waals surface area contributed by atoms with Gasteiger partial charge < -0.3 is 18.9 Å². The van der Waals surface area contributed by atoms with Gasteiger partial charge in [0.15, 0.2) is 11.5 Å². The molecule has 1 N–H and O–H groups in total. The second-order valence-corrected chi connectivity index (χ2v) is 9.93. The Bertz CT molecular complexity index is 1670. The SMILES string of the molecule is COc1ccc(-c2nnc3ccc(OCCNS(=O)(=O)c4ccc(Oc5ccccc5)cc4)nn23)c(OC)c1. The third-order valence-electron chi connectivity index (χ3n) is 5.64. The Balaban J connectivity index is 1.21. The van der Waals surface area contributed by atoms with Crippen molar-refractivity contribution < 1.29 is 27.4 Å². The van der Waals surface area contributed by atoms with Gasteiger partial charge >= 0.3 is 0 Å². The summed E-state index contributed by atoms with van der Waals surface area (Å²) in [5.74, 6) is 3.11. The summed E-state index contributed by atoms with van der Waals surface area (Å²) in [5.41, 5.74) is 1.18. The van der Waals surface area contributed by atoms with Crippen LogP contribution in [-0.2, 0) is 10.0 Å². The molecule has 0 bridgehead atoms. The molecule has 0 radical (unpaired) electrons. The van der Waals surface area contributed by atoms with Gasteiger partial charge in [0, 0.05) is 18.7 Å². The number of rotatable bonds is 11. The fraction of sp³-hybridized carbons (Fsp3) is 0.148. The number of hydrogen-bond acceptors (Lipinski definition) is 9. The van der Waals surface area contributed by atoms with E-state index in [0.717, 1.165) is 0 Å². The topological polar surface area (TPSA) is 126 Å². The minimum absolute atomic E-state index is 0.0334. The van der Waals surface area contributed by atoms with Gasteiger partial charge in [-0.25, -0.2) is 13.1 Å². The van der Waals surface area contributed by atoms with E-state index in [4.69, 9.17) is 18.9 Å². The highest BCUT2D eigenvalue weighted by Gasteiger charge is 2.17. The number of fused-ring (bicyclic) bond motifs is 1. The fourth-order valence-electron chi connectivity index (χ4n) is 3.73. The average Bonchev–Trinajstić information content (AvgIpc) is 3.39. The summed E-state index contributed by atoms with van der Waals surface area (Å²) in [7, 11) is -0.615. The van der Waals surface area contributed by atoms with Crippen LogP contribution in [-0.4, -0.2) is 55.6 Å². The van der Waals surface area contributed by atoms with Crippen LogP contribution in [0.3, 0.4) is 0 Å². The van der Waals surface area contributed by atoms with Crippen molar-refractivity contribution >= 4 is 15.7 Å². The van der Waals surface area contributed by atoms with Gasteiger partial charge in [0.25, 0.3) is 0 Å². The van der Waals surface area contributed by atoms with E-state index in [1.54, 1.807) is 56.7 Å². The van der Waals surface area contributed by atoms with Crippen LogP contribution in [0.25, 0.3) is 17.0 Å². The number of nitrogens with zero attached hydrogens (tertiary/aromatic N) is 4. The molecule has 2 aromatic heterocycles. The summed E-state index contributed by atoms with van der Waals surface area (Å²) >= 11 is 0. The van der Waals surface area contributed by atoms with Crippen LogP contribution >= 0.6 is 0 Å². The zero-order chi connectivity index (χ0) is 27.2. The zero-order valence-corrected chi connectivity index (χ0v) is 22.0. The molecule has 5 aromatic rings. The first-order chi connectivity index (χ1) is 19.0. The number of aromatic nitrogens is 4. The van der Waals surface area contributed by atoms with Crippen molar-refractivity contribution in [1.29, 1.82) is 0 Å². The molecule has 0 spiro atoms. The van der Waals surface area contributed by atoms with Gasteiger partial charge in [-0.2, -0.15) is 4.52 Å². The smallest absolute Gasteiger partial charge is 0.240 e. The van der Waals surface area contributed by atoms with Crippen LogP contribution < -0.4 is 23.7 Å². The second kappa shape index (κ2) is 11.4. The van der Waals surface area contributed by atoms with Crippen molar-refractivity contribution in [1.82, 2.24) is 24.5 Å². The molecule has 0 fully saturated rings. The lowest BCUT2D eigenvalue weighted by molar-refractivity contribution is 0.306. The highest BCUT2D eigenvalue weighted by atomic mass is 32.2. The molecular formula is C27H25N5O6S. The van der Waals surface area contributed by atoms with Gasteiger partial charge in [-0.05, 0) is 54.6 Å². The molecule has 39 heavy (non-hydrogen) atoms. The van der Waals surface area contributed by atoms with Crippen LogP contribution in [0.2, 0.25) is 0 Å². The van der Waals surface area contributed by atoms with E-state index >= 15 is 0 Å². The molecule has 200 valence electrons. The molecule has 3 aromatic carbocycles. The Morgan fingerprint density at radius 3 is 2.31 bits per heavy atom. The van der Waals surface area contributed by atoms with E-state index in [0.29, 0.717) is 40.0 Å². The lowest BCUT2D eigenvalue weighted by Gasteiger charge is -2.10.